The molecule has 0 bridgehead atoms. The van der Waals surface area contributed by atoms with E-state index in [1.807, 2.05) is 32.6 Å². The number of halogens is 1. The highest BCUT2D eigenvalue weighted by molar-refractivity contribution is 5.98. The van der Waals surface area contributed by atoms with Gasteiger partial charge in [-0.2, -0.15) is 0 Å². The number of ether oxygens (including phenoxy) is 3. The average molecular weight is 502 g/mol. The first-order chi connectivity index (χ1) is 16.9. The summed E-state index contributed by atoms with van der Waals surface area (Å²) in [6.07, 6.45) is 2.04. The molecule has 2 aromatic rings. The number of pyridine rings is 1. The van der Waals surface area contributed by atoms with Gasteiger partial charge in [0, 0.05) is 29.9 Å². The highest BCUT2D eigenvalue weighted by Crippen LogP contribution is 2.49. The van der Waals surface area contributed by atoms with Crippen molar-refractivity contribution in [2.45, 2.75) is 64.1 Å². The lowest BCUT2D eigenvalue weighted by molar-refractivity contribution is 0.0476. The van der Waals surface area contributed by atoms with E-state index in [9.17, 15) is 14.4 Å². The molecule has 1 aliphatic carbocycles. The van der Waals surface area contributed by atoms with Gasteiger partial charge in [-0.3, -0.25) is 9.36 Å². The number of carbonyl (C=O) groups excluding carboxylic acids is 2. The maximum absolute atomic E-state index is 15.6. The molecule has 2 aliphatic heterocycles. The molecule has 3 aliphatic rings. The fourth-order valence-electron chi connectivity index (χ4n) is 5.51. The fourth-order valence-corrected chi connectivity index (χ4v) is 5.51. The monoisotopic (exact) mass is 501 g/mol. The van der Waals surface area contributed by atoms with Crippen molar-refractivity contribution in [2.75, 3.05) is 31.7 Å². The molecule has 1 aromatic heterocycles. The van der Waals surface area contributed by atoms with E-state index in [1.54, 1.807) is 0 Å². The molecule has 1 amide bonds. The number of aromatic nitrogens is 1. The maximum Gasteiger partial charge on any atom is 0.408 e. The van der Waals surface area contributed by atoms with Crippen LogP contribution in [0.15, 0.2) is 16.9 Å². The fraction of sp³-hybridized carbons (Fsp3) is 0.577. The molecule has 194 valence electrons. The first-order valence-electron chi connectivity index (χ1n) is 12.3. The number of methoxy groups -OCH3 is 1. The van der Waals surface area contributed by atoms with Crippen molar-refractivity contribution in [1.82, 2.24) is 9.88 Å². The van der Waals surface area contributed by atoms with Gasteiger partial charge in [0.05, 0.1) is 18.7 Å². The Bertz CT molecular complexity index is 1310. The molecule has 1 N–H and O–H groups in total. The minimum Gasteiger partial charge on any atom is -0.487 e. The largest absolute Gasteiger partial charge is 0.487 e. The molecule has 1 aromatic carbocycles. The smallest absolute Gasteiger partial charge is 0.408 e. The lowest BCUT2D eigenvalue weighted by Crippen LogP contribution is -2.45. The van der Waals surface area contributed by atoms with Crippen LogP contribution >= 0.6 is 0 Å². The predicted molar refractivity (Wildman–Crippen MR) is 131 cm³/mol. The van der Waals surface area contributed by atoms with Gasteiger partial charge in [-0.05, 0) is 59.1 Å². The van der Waals surface area contributed by atoms with Crippen LogP contribution in [0, 0.1) is 11.7 Å². The average Bonchev–Trinajstić information content (AvgIpc) is 3.39. The van der Waals surface area contributed by atoms with Crippen LogP contribution < -0.4 is 20.5 Å². The first-order valence-corrected chi connectivity index (χ1v) is 12.3. The summed E-state index contributed by atoms with van der Waals surface area (Å²) < 4.78 is 33.4. The third kappa shape index (κ3) is 4.06. The zero-order valence-corrected chi connectivity index (χ0v) is 21.3. The van der Waals surface area contributed by atoms with Gasteiger partial charge in [0.2, 0.25) is 0 Å². The van der Waals surface area contributed by atoms with Gasteiger partial charge < -0.3 is 24.4 Å². The van der Waals surface area contributed by atoms with E-state index in [0.717, 1.165) is 19.3 Å². The molecule has 1 saturated carbocycles. The second kappa shape index (κ2) is 8.38. The minimum absolute atomic E-state index is 0.124. The second-order valence-corrected chi connectivity index (χ2v) is 11.1. The molecule has 36 heavy (non-hydrogen) atoms. The van der Waals surface area contributed by atoms with E-state index in [4.69, 9.17) is 14.2 Å². The zero-order valence-electron chi connectivity index (χ0n) is 21.3. The van der Waals surface area contributed by atoms with E-state index in [1.165, 1.54) is 23.8 Å². The third-order valence-corrected chi connectivity index (χ3v) is 7.34. The molecule has 3 heterocycles. The Balaban J connectivity index is 1.49. The van der Waals surface area contributed by atoms with E-state index in [2.05, 4.69) is 5.32 Å². The quantitative estimate of drug-likeness (QED) is 0.637. The molecule has 0 radical (unpaired) electrons. The molecule has 2 fully saturated rings. The Kier molecular flexibility index (Phi) is 5.68. The van der Waals surface area contributed by atoms with Crippen LogP contribution in [0.4, 0.5) is 14.9 Å². The van der Waals surface area contributed by atoms with Gasteiger partial charge >= 0.3 is 12.1 Å². The van der Waals surface area contributed by atoms with Gasteiger partial charge in [-0.1, -0.05) is 0 Å². The number of carbonyl (C=O) groups is 2. The van der Waals surface area contributed by atoms with Gasteiger partial charge in [0.1, 0.15) is 23.5 Å². The predicted octanol–water partition coefficient (Wildman–Crippen LogP) is 3.76. The van der Waals surface area contributed by atoms with Crippen molar-refractivity contribution in [3.05, 3.63) is 33.9 Å². The summed E-state index contributed by atoms with van der Waals surface area (Å²) in [5.41, 5.74) is -0.780. The van der Waals surface area contributed by atoms with E-state index in [0.29, 0.717) is 35.4 Å². The molecule has 2 atom stereocenters. The van der Waals surface area contributed by atoms with Gasteiger partial charge in [-0.15, -0.1) is 0 Å². The Morgan fingerprint density at radius 3 is 2.61 bits per heavy atom. The zero-order chi connectivity index (χ0) is 26.0. The number of amides is 1. The topological polar surface area (TPSA) is 99.1 Å². The van der Waals surface area contributed by atoms with Crippen LogP contribution in [0.3, 0.4) is 0 Å². The Morgan fingerprint density at radius 2 is 1.97 bits per heavy atom. The number of benzene rings is 1. The van der Waals surface area contributed by atoms with E-state index < -0.39 is 29.0 Å². The van der Waals surface area contributed by atoms with Gasteiger partial charge in [0.15, 0.2) is 11.6 Å². The molecule has 0 spiro atoms. The lowest BCUT2D eigenvalue weighted by atomic mass is 9.96. The number of hydrogen-bond donors (Lipinski definition) is 1. The number of alkyl carbamates (subject to hydrolysis) is 1. The SMILES string of the molecule is COC(=O)c1cc2cc(F)c(N3CC[C@@H](C4(NC(=O)OC(C)(C)C)CC4)C3)c3c2n(c1=O)[C@@H](C)CO3. The third-order valence-electron chi connectivity index (χ3n) is 7.34. The first kappa shape index (κ1) is 24.4. The Morgan fingerprint density at radius 1 is 1.25 bits per heavy atom. The number of anilines is 1. The molecule has 10 heteroatoms. The molecule has 0 unspecified atom stereocenters. The van der Waals surface area contributed by atoms with Crippen LogP contribution in [-0.4, -0.2) is 54.6 Å². The number of nitrogens with zero attached hydrogens (tertiary/aromatic N) is 2. The molecular formula is C26H32FN3O6. The summed E-state index contributed by atoms with van der Waals surface area (Å²) in [5.74, 6) is -0.815. The van der Waals surface area contributed by atoms with Crippen LogP contribution in [0.2, 0.25) is 0 Å². The van der Waals surface area contributed by atoms with Crippen LogP contribution in [0.1, 0.15) is 63.4 Å². The second-order valence-electron chi connectivity index (χ2n) is 11.1. The van der Waals surface area contributed by atoms with Crippen LogP contribution in [-0.2, 0) is 9.47 Å². The Hall–Kier alpha value is -3.30. The summed E-state index contributed by atoms with van der Waals surface area (Å²) in [6, 6.07) is 2.38. The van der Waals surface area contributed by atoms with Gasteiger partial charge in [0.25, 0.3) is 5.56 Å². The number of esters is 1. The summed E-state index contributed by atoms with van der Waals surface area (Å²) in [7, 11) is 1.21. The maximum atomic E-state index is 15.6. The number of rotatable bonds is 4. The summed E-state index contributed by atoms with van der Waals surface area (Å²) in [4.78, 5) is 39.7. The van der Waals surface area contributed by atoms with Crippen molar-refractivity contribution in [3.63, 3.8) is 0 Å². The summed E-state index contributed by atoms with van der Waals surface area (Å²) >= 11 is 0. The van der Waals surface area contributed by atoms with Crippen molar-refractivity contribution in [3.8, 4) is 5.75 Å². The molecule has 9 nitrogen and oxygen atoms in total. The minimum atomic E-state index is -0.759. The van der Waals surface area contributed by atoms with Crippen LogP contribution in [0.25, 0.3) is 10.9 Å². The summed E-state index contributed by atoms with van der Waals surface area (Å²) in [6.45, 7) is 8.59. The standard InChI is InChI=1S/C26H32FN3O6/c1-14-13-35-21-19-15(10-17(23(32)34-5)22(31)30(14)19)11-18(27)20(21)29-9-6-16(12-29)26(7-8-26)28-24(33)36-25(2,3)4/h10-11,14,16H,6-9,12-13H2,1-5H3,(H,28,33)/t14-,16+/m0/s1. The molecule has 5 rings (SSSR count). The van der Waals surface area contributed by atoms with Crippen LogP contribution in [0.5, 0.6) is 5.75 Å². The lowest BCUT2D eigenvalue weighted by Gasteiger charge is -2.31. The normalized spacial score (nSPS) is 22.2. The Labute approximate surface area is 208 Å². The van der Waals surface area contributed by atoms with Crippen molar-refractivity contribution >= 4 is 28.7 Å². The highest BCUT2D eigenvalue weighted by atomic mass is 19.1. The highest BCUT2D eigenvalue weighted by Gasteiger charge is 2.53. The van der Waals surface area contributed by atoms with E-state index in [-0.39, 0.29) is 29.7 Å². The van der Waals surface area contributed by atoms with Crippen molar-refractivity contribution < 1.29 is 28.2 Å². The molecule has 1 saturated heterocycles. The van der Waals surface area contributed by atoms with Crippen molar-refractivity contribution in [1.29, 1.82) is 0 Å². The number of nitrogens with one attached hydrogen (secondary N) is 1. The van der Waals surface area contributed by atoms with Crippen molar-refractivity contribution in [2.24, 2.45) is 5.92 Å². The summed E-state index contributed by atoms with van der Waals surface area (Å²) in [5, 5.41) is 3.47. The van der Waals surface area contributed by atoms with Gasteiger partial charge in [-0.25, -0.2) is 14.0 Å². The number of hydrogen-bond acceptors (Lipinski definition) is 7. The molecular weight excluding hydrogens is 469 g/mol. The van der Waals surface area contributed by atoms with E-state index >= 15 is 4.39 Å².